The van der Waals surface area contributed by atoms with Crippen LogP contribution in [0.15, 0.2) is 52.9 Å². The van der Waals surface area contributed by atoms with Crippen molar-refractivity contribution in [2.24, 2.45) is 0 Å². The minimum atomic E-state index is -3.32. The highest BCUT2D eigenvalue weighted by Crippen LogP contribution is 2.27. The first-order chi connectivity index (χ1) is 14.9. The van der Waals surface area contributed by atoms with E-state index in [9.17, 15) is 13.2 Å². The zero-order valence-corrected chi connectivity index (χ0v) is 18.6. The van der Waals surface area contributed by atoms with Crippen LogP contribution in [0, 0.1) is 0 Å². The second-order valence-corrected chi connectivity index (χ2v) is 10.5. The molecule has 0 atom stereocenters. The third-order valence-electron chi connectivity index (χ3n) is 5.64. The molecule has 164 valence electrons. The number of furan rings is 1. The Balaban J connectivity index is 1.44. The van der Waals surface area contributed by atoms with E-state index in [0.29, 0.717) is 23.1 Å². The first-order valence-corrected chi connectivity index (χ1v) is 12.7. The van der Waals surface area contributed by atoms with Crippen molar-refractivity contribution in [1.29, 1.82) is 0 Å². The lowest BCUT2D eigenvalue weighted by atomic mass is 10.1. The monoisotopic (exact) mass is 440 g/mol. The van der Waals surface area contributed by atoms with Crippen LogP contribution in [0.25, 0.3) is 11.0 Å². The van der Waals surface area contributed by atoms with Gasteiger partial charge in [-0.15, -0.1) is 0 Å². The molecule has 0 radical (unpaired) electrons. The smallest absolute Gasteiger partial charge is 0.287 e. The number of amides is 1. The summed E-state index contributed by atoms with van der Waals surface area (Å²) in [7, 11) is -3.32. The van der Waals surface area contributed by atoms with E-state index in [4.69, 9.17) is 4.42 Å². The summed E-state index contributed by atoms with van der Waals surface area (Å²) in [5.41, 5.74) is 3.17. The second kappa shape index (κ2) is 9.24. The lowest BCUT2D eigenvalue weighted by Crippen LogP contribution is -2.29. The van der Waals surface area contributed by atoms with Gasteiger partial charge in [-0.25, -0.2) is 8.42 Å². The van der Waals surface area contributed by atoms with Crippen molar-refractivity contribution in [1.82, 2.24) is 10.2 Å². The lowest BCUT2D eigenvalue weighted by molar-refractivity contribution is 0.0924. The predicted molar refractivity (Wildman–Crippen MR) is 122 cm³/mol. The summed E-state index contributed by atoms with van der Waals surface area (Å²) in [6.07, 6.45) is 5.02. The summed E-state index contributed by atoms with van der Waals surface area (Å²) in [4.78, 5) is 15.3. The summed E-state index contributed by atoms with van der Waals surface area (Å²) in [6, 6.07) is 15.4. The summed E-state index contributed by atoms with van der Waals surface area (Å²) < 4.78 is 29.5. The molecule has 1 aromatic heterocycles. The number of rotatable bonds is 7. The number of carbonyl (C=O) groups is 1. The third-order valence-corrected chi connectivity index (χ3v) is 6.46. The standard InChI is InChI=1S/C24H28N2O4S/c1-31(28,29)17-21-20-7-3-4-8-22(20)30-23(21)24(27)25-15-18-9-11-19(12-10-18)16-26-13-5-2-6-14-26/h3-4,7-12H,2,5-6,13-17H2,1H3,(H,25,27). The molecule has 0 unspecified atom stereocenters. The van der Waals surface area contributed by atoms with Crippen LogP contribution in [0.4, 0.5) is 0 Å². The van der Waals surface area contributed by atoms with E-state index in [1.165, 1.54) is 24.8 Å². The predicted octanol–water partition coefficient (Wildman–Crippen LogP) is 3.89. The van der Waals surface area contributed by atoms with Gasteiger partial charge in [0.05, 0.1) is 5.75 Å². The fraction of sp³-hybridized carbons (Fsp3) is 0.375. The molecule has 2 heterocycles. The molecule has 3 aromatic rings. The highest BCUT2D eigenvalue weighted by molar-refractivity contribution is 7.89. The van der Waals surface area contributed by atoms with E-state index in [1.807, 2.05) is 12.1 Å². The fourth-order valence-electron chi connectivity index (χ4n) is 4.09. The van der Waals surface area contributed by atoms with Gasteiger partial charge in [0.1, 0.15) is 5.58 Å². The molecule has 0 spiro atoms. The number of hydrogen-bond donors (Lipinski definition) is 1. The molecule has 0 bridgehead atoms. The van der Waals surface area contributed by atoms with Crippen LogP contribution in [-0.2, 0) is 28.7 Å². The number of carbonyl (C=O) groups excluding carboxylic acids is 1. The van der Waals surface area contributed by atoms with E-state index in [1.54, 1.807) is 24.3 Å². The summed E-state index contributed by atoms with van der Waals surface area (Å²) in [5, 5.41) is 3.52. The van der Waals surface area contributed by atoms with Gasteiger partial charge in [-0.05, 0) is 43.1 Å². The quantitative estimate of drug-likeness (QED) is 0.603. The molecular formula is C24H28N2O4S. The SMILES string of the molecule is CS(=O)(=O)Cc1c(C(=O)NCc2ccc(CN3CCCCC3)cc2)oc2ccccc12. The van der Waals surface area contributed by atoms with Gasteiger partial charge in [0.25, 0.3) is 5.91 Å². The Kier molecular flexibility index (Phi) is 6.43. The van der Waals surface area contributed by atoms with Gasteiger partial charge in [-0.3, -0.25) is 9.69 Å². The van der Waals surface area contributed by atoms with Crippen LogP contribution in [0.3, 0.4) is 0 Å². The Morgan fingerprint density at radius 3 is 2.39 bits per heavy atom. The van der Waals surface area contributed by atoms with Crippen LogP contribution >= 0.6 is 0 Å². The molecule has 6 nitrogen and oxygen atoms in total. The maximum atomic E-state index is 12.8. The number of para-hydroxylation sites is 1. The first kappa shape index (κ1) is 21.6. The van der Waals surface area contributed by atoms with Gasteiger partial charge in [0.15, 0.2) is 15.6 Å². The zero-order valence-electron chi connectivity index (χ0n) is 17.8. The van der Waals surface area contributed by atoms with Crippen LogP contribution in [0.2, 0.25) is 0 Å². The molecule has 1 saturated heterocycles. The Bertz CT molecular complexity index is 1160. The van der Waals surface area contributed by atoms with Crippen LogP contribution < -0.4 is 5.32 Å². The van der Waals surface area contributed by atoms with Crippen molar-refractivity contribution in [3.63, 3.8) is 0 Å². The van der Waals surface area contributed by atoms with Crippen molar-refractivity contribution in [3.05, 3.63) is 71.0 Å². The number of benzene rings is 2. The number of fused-ring (bicyclic) bond motifs is 1. The maximum absolute atomic E-state index is 12.8. The summed E-state index contributed by atoms with van der Waals surface area (Å²) >= 11 is 0. The molecule has 1 amide bonds. The van der Waals surface area contributed by atoms with Crippen molar-refractivity contribution in [2.75, 3.05) is 19.3 Å². The van der Waals surface area contributed by atoms with Crippen molar-refractivity contribution < 1.29 is 17.6 Å². The molecule has 2 aromatic carbocycles. The van der Waals surface area contributed by atoms with E-state index in [-0.39, 0.29) is 11.5 Å². The molecule has 1 aliphatic rings. The average Bonchev–Trinajstić information content (AvgIpc) is 3.11. The molecule has 31 heavy (non-hydrogen) atoms. The van der Waals surface area contributed by atoms with Gasteiger partial charge in [-0.2, -0.15) is 0 Å². The molecule has 7 heteroatoms. The van der Waals surface area contributed by atoms with Crippen LogP contribution in [-0.4, -0.2) is 38.6 Å². The van der Waals surface area contributed by atoms with Crippen molar-refractivity contribution in [3.8, 4) is 0 Å². The van der Waals surface area contributed by atoms with Crippen molar-refractivity contribution >= 4 is 26.7 Å². The maximum Gasteiger partial charge on any atom is 0.287 e. The minimum Gasteiger partial charge on any atom is -0.451 e. The number of piperidine rings is 1. The van der Waals surface area contributed by atoms with Gasteiger partial charge < -0.3 is 9.73 Å². The van der Waals surface area contributed by atoms with Crippen molar-refractivity contribution in [2.45, 2.75) is 38.1 Å². The van der Waals surface area contributed by atoms with Crippen LogP contribution in [0.5, 0.6) is 0 Å². The fourth-order valence-corrected chi connectivity index (χ4v) is 4.90. The average molecular weight is 441 g/mol. The Hall–Kier alpha value is -2.64. The Morgan fingerprint density at radius 2 is 1.68 bits per heavy atom. The van der Waals surface area contributed by atoms with E-state index in [2.05, 4.69) is 22.3 Å². The number of likely N-dealkylation sites (tertiary alicyclic amines) is 1. The van der Waals surface area contributed by atoms with Gasteiger partial charge in [-0.1, -0.05) is 48.9 Å². The van der Waals surface area contributed by atoms with E-state index < -0.39 is 15.7 Å². The van der Waals surface area contributed by atoms with Gasteiger partial charge >= 0.3 is 0 Å². The number of hydrogen-bond acceptors (Lipinski definition) is 5. The second-order valence-electron chi connectivity index (χ2n) is 8.31. The number of sulfone groups is 1. The van der Waals surface area contributed by atoms with Crippen LogP contribution in [0.1, 0.15) is 46.5 Å². The normalized spacial score (nSPS) is 15.3. The lowest BCUT2D eigenvalue weighted by Gasteiger charge is -2.26. The summed E-state index contributed by atoms with van der Waals surface area (Å²) in [5.74, 6) is -0.585. The number of nitrogens with zero attached hydrogens (tertiary/aromatic N) is 1. The molecule has 1 fully saturated rings. The third kappa shape index (κ3) is 5.54. The molecule has 1 N–H and O–H groups in total. The summed E-state index contributed by atoms with van der Waals surface area (Å²) in [6.45, 7) is 3.62. The topological polar surface area (TPSA) is 79.6 Å². The molecule has 0 aliphatic carbocycles. The minimum absolute atomic E-state index is 0.0633. The van der Waals surface area contributed by atoms with E-state index >= 15 is 0 Å². The molecule has 4 rings (SSSR count). The van der Waals surface area contributed by atoms with Gasteiger partial charge in [0.2, 0.25) is 0 Å². The molecule has 1 aliphatic heterocycles. The highest BCUT2D eigenvalue weighted by Gasteiger charge is 2.23. The Labute approximate surface area is 183 Å². The molecular weight excluding hydrogens is 412 g/mol. The first-order valence-electron chi connectivity index (χ1n) is 10.7. The number of nitrogens with one attached hydrogen (secondary N) is 1. The zero-order chi connectivity index (χ0) is 21.8. The highest BCUT2D eigenvalue weighted by atomic mass is 32.2. The van der Waals surface area contributed by atoms with E-state index in [0.717, 1.165) is 31.5 Å². The molecule has 0 saturated carbocycles. The largest absolute Gasteiger partial charge is 0.451 e. The Morgan fingerprint density at radius 1 is 1.00 bits per heavy atom. The van der Waals surface area contributed by atoms with Gasteiger partial charge in [0, 0.05) is 30.3 Å².